The minimum absolute atomic E-state index is 0.00262. The molecular weight excluding hydrogens is 212 g/mol. The lowest BCUT2D eigenvalue weighted by molar-refractivity contribution is -0.139. The number of hydrazine groups is 1. The van der Waals surface area contributed by atoms with Crippen LogP contribution in [0, 0.1) is 0 Å². The van der Waals surface area contributed by atoms with E-state index in [4.69, 9.17) is 10.6 Å². The first kappa shape index (κ1) is 12.9. The van der Waals surface area contributed by atoms with Crippen molar-refractivity contribution < 1.29 is 14.3 Å². The molecule has 1 fully saturated rings. The second-order valence-electron chi connectivity index (χ2n) is 3.77. The molecule has 1 atom stereocenters. The Kier molecular flexibility index (Phi) is 4.66. The van der Waals surface area contributed by atoms with Gasteiger partial charge in [-0.25, -0.2) is 5.84 Å². The number of nitrogens with one attached hydrogen (secondary N) is 1. The van der Waals surface area contributed by atoms with Gasteiger partial charge in [-0.15, -0.1) is 0 Å². The molecule has 1 heterocycles. The Balaban J connectivity index is 2.64. The maximum absolute atomic E-state index is 11.5. The molecule has 1 saturated heterocycles. The summed E-state index contributed by atoms with van der Waals surface area (Å²) in [4.78, 5) is 26.4. The lowest BCUT2D eigenvalue weighted by Gasteiger charge is -2.35. The van der Waals surface area contributed by atoms with Gasteiger partial charge in [0.05, 0.1) is 13.2 Å². The number of likely N-dealkylation sites (N-methyl/N-ethyl adjacent to an activating group) is 1. The summed E-state index contributed by atoms with van der Waals surface area (Å²) in [6.45, 7) is 1.69. The highest BCUT2D eigenvalue weighted by Gasteiger charge is 2.31. The third kappa shape index (κ3) is 2.91. The zero-order chi connectivity index (χ0) is 12.1. The molecule has 0 bridgehead atoms. The summed E-state index contributed by atoms with van der Waals surface area (Å²) < 4.78 is 4.96. The molecule has 2 amide bonds. The summed E-state index contributed by atoms with van der Waals surface area (Å²) in [6, 6.07) is -0.507. The van der Waals surface area contributed by atoms with Gasteiger partial charge in [-0.2, -0.15) is 0 Å². The average molecular weight is 230 g/mol. The fraction of sp³-hybridized carbons (Fsp3) is 0.778. The van der Waals surface area contributed by atoms with Crippen molar-refractivity contribution in [3.05, 3.63) is 0 Å². The van der Waals surface area contributed by atoms with Crippen LogP contribution in [0.4, 0.5) is 0 Å². The van der Waals surface area contributed by atoms with Gasteiger partial charge in [-0.3, -0.25) is 19.9 Å². The highest BCUT2D eigenvalue weighted by Crippen LogP contribution is 2.07. The van der Waals surface area contributed by atoms with Crippen molar-refractivity contribution in [1.82, 2.24) is 15.2 Å². The van der Waals surface area contributed by atoms with E-state index in [9.17, 15) is 9.59 Å². The van der Waals surface area contributed by atoms with Crippen molar-refractivity contribution in [3.8, 4) is 0 Å². The zero-order valence-electron chi connectivity index (χ0n) is 9.60. The number of ether oxygens (including phenoxy) is 1. The van der Waals surface area contributed by atoms with Crippen LogP contribution >= 0.6 is 0 Å². The van der Waals surface area contributed by atoms with Crippen LogP contribution in [0.15, 0.2) is 0 Å². The maximum atomic E-state index is 11.5. The highest BCUT2D eigenvalue weighted by atomic mass is 16.5. The largest absolute Gasteiger partial charge is 0.383 e. The van der Waals surface area contributed by atoms with Gasteiger partial charge in [0.2, 0.25) is 5.91 Å². The molecule has 1 aliphatic heterocycles. The number of carbonyl (C=O) groups excluding carboxylic acids is 2. The quantitative estimate of drug-likeness (QED) is 0.324. The van der Waals surface area contributed by atoms with E-state index < -0.39 is 6.04 Å². The fourth-order valence-corrected chi connectivity index (χ4v) is 1.64. The maximum Gasteiger partial charge on any atom is 0.253 e. The van der Waals surface area contributed by atoms with Crippen molar-refractivity contribution in [2.75, 3.05) is 40.4 Å². The van der Waals surface area contributed by atoms with Crippen molar-refractivity contribution >= 4 is 11.8 Å². The summed E-state index contributed by atoms with van der Waals surface area (Å²) in [7, 11) is 3.25. The molecule has 7 nitrogen and oxygen atoms in total. The first-order valence-corrected chi connectivity index (χ1v) is 5.07. The van der Waals surface area contributed by atoms with E-state index in [1.54, 1.807) is 16.8 Å². The standard InChI is InChI=1S/C9H18N4O3/c1-12-3-4-13(5-8(12)14)7(6-16-2)9(15)11-10/h7H,3-6,10H2,1-2H3,(H,11,15). The summed E-state index contributed by atoms with van der Waals surface area (Å²) >= 11 is 0. The smallest absolute Gasteiger partial charge is 0.253 e. The number of carbonyl (C=O) groups is 2. The predicted octanol–water partition coefficient (Wildman–Crippen LogP) is -2.23. The molecule has 0 spiro atoms. The van der Waals surface area contributed by atoms with E-state index in [0.29, 0.717) is 13.1 Å². The van der Waals surface area contributed by atoms with Gasteiger partial charge >= 0.3 is 0 Å². The topological polar surface area (TPSA) is 87.9 Å². The zero-order valence-corrected chi connectivity index (χ0v) is 9.60. The van der Waals surface area contributed by atoms with E-state index >= 15 is 0 Å². The number of hydrogen-bond acceptors (Lipinski definition) is 5. The number of nitrogens with zero attached hydrogens (tertiary/aromatic N) is 2. The van der Waals surface area contributed by atoms with Crippen molar-refractivity contribution in [2.24, 2.45) is 5.84 Å². The number of hydrogen-bond donors (Lipinski definition) is 2. The molecule has 92 valence electrons. The molecule has 0 aromatic carbocycles. The SMILES string of the molecule is COCC(C(=O)NN)N1CCN(C)C(=O)C1. The van der Waals surface area contributed by atoms with Crippen LogP contribution in [-0.2, 0) is 14.3 Å². The van der Waals surface area contributed by atoms with E-state index in [1.165, 1.54) is 7.11 Å². The summed E-state index contributed by atoms with van der Waals surface area (Å²) in [5.41, 5.74) is 2.09. The molecule has 1 rings (SSSR count). The predicted molar refractivity (Wildman–Crippen MR) is 57.2 cm³/mol. The Morgan fingerprint density at radius 3 is 2.81 bits per heavy atom. The van der Waals surface area contributed by atoms with Crippen molar-refractivity contribution in [1.29, 1.82) is 0 Å². The normalized spacial score (nSPS) is 19.7. The van der Waals surface area contributed by atoms with Gasteiger partial charge in [0.1, 0.15) is 6.04 Å². The van der Waals surface area contributed by atoms with E-state index in [0.717, 1.165) is 0 Å². The van der Waals surface area contributed by atoms with Gasteiger partial charge in [0.15, 0.2) is 0 Å². The van der Waals surface area contributed by atoms with E-state index in [-0.39, 0.29) is 25.0 Å². The minimum Gasteiger partial charge on any atom is -0.383 e. The van der Waals surface area contributed by atoms with Crippen LogP contribution in [0.25, 0.3) is 0 Å². The summed E-state index contributed by atoms with van der Waals surface area (Å²) in [5, 5.41) is 0. The Labute approximate surface area is 94.5 Å². The molecule has 0 aromatic heterocycles. The summed E-state index contributed by atoms with van der Waals surface area (Å²) in [5.74, 6) is 4.76. The van der Waals surface area contributed by atoms with Crippen LogP contribution in [0.5, 0.6) is 0 Å². The van der Waals surface area contributed by atoms with Gasteiger partial charge < -0.3 is 9.64 Å². The molecule has 0 radical (unpaired) electrons. The van der Waals surface area contributed by atoms with E-state index in [2.05, 4.69) is 5.43 Å². The molecule has 3 N–H and O–H groups in total. The van der Waals surface area contributed by atoms with Crippen LogP contribution in [0.2, 0.25) is 0 Å². The Morgan fingerprint density at radius 1 is 1.62 bits per heavy atom. The van der Waals surface area contributed by atoms with E-state index in [1.807, 2.05) is 0 Å². The second kappa shape index (κ2) is 5.78. The lowest BCUT2D eigenvalue weighted by atomic mass is 10.2. The molecule has 0 aromatic rings. The van der Waals surface area contributed by atoms with Crippen molar-refractivity contribution in [3.63, 3.8) is 0 Å². The third-order valence-corrected chi connectivity index (χ3v) is 2.70. The lowest BCUT2D eigenvalue weighted by Crippen LogP contribution is -2.58. The number of nitrogens with two attached hydrogens (primary N) is 1. The monoisotopic (exact) mass is 230 g/mol. The van der Waals surface area contributed by atoms with Gasteiger partial charge in [-0.1, -0.05) is 0 Å². The fourth-order valence-electron chi connectivity index (χ4n) is 1.64. The Bertz CT molecular complexity index is 271. The number of rotatable bonds is 4. The molecular formula is C9H18N4O3. The van der Waals surface area contributed by atoms with Gasteiger partial charge in [0, 0.05) is 27.2 Å². The highest BCUT2D eigenvalue weighted by molar-refractivity contribution is 5.83. The third-order valence-electron chi connectivity index (χ3n) is 2.70. The van der Waals surface area contributed by atoms with Crippen LogP contribution in [0.1, 0.15) is 0 Å². The molecule has 0 aliphatic carbocycles. The van der Waals surface area contributed by atoms with Gasteiger partial charge in [-0.05, 0) is 0 Å². The summed E-state index contributed by atoms with van der Waals surface area (Å²) in [6.07, 6.45) is 0. The van der Waals surface area contributed by atoms with Crippen LogP contribution in [0.3, 0.4) is 0 Å². The minimum atomic E-state index is -0.507. The molecule has 1 unspecified atom stereocenters. The van der Waals surface area contributed by atoms with Crippen LogP contribution in [-0.4, -0.2) is 68.1 Å². The molecule has 7 heteroatoms. The Morgan fingerprint density at radius 2 is 2.31 bits per heavy atom. The molecule has 0 saturated carbocycles. The average Bonchev–Trinajstić information content (AvgIpc) is 2.29. The number of methoxy groups -OCH3 is 1. The number of piperazine rings is 1. The molecule has 16 heavy (non-hydrogen) atoms. The first-order valence-electron chi connectivity index (χ1n) is 5.07. The number of amides is 2. The van der Waals surface area contributed by atoms with Crippen LogP contribution < -0.4 is 11.3 Å². The first-order chi connectivity index (χ1) is 7.60. The van der Waals surface area contributed by atoms with Gasteiger partial charge in [0.25, 0.3) is 5.91 Å². The second-order valence-corrected chi connectivity index (χ2v) is 3.77. The van der Waals surface area contributed by atoms with Crippen molar-refractivity contribution in [2.45, 2.75) is 6.04 Å². The Hall–Kier alpha value is -1.18. The molecule has 1 aliphatic rings.